The van der Waals surface area contributed by atoms with Gasteiger partial charge in [-0.3, -0.25) is 4.79 Å². The van der Waals surface area contributed by atoms with Crippen LogP contribution in [-0.2, 0) is 16.1 Å². The monoisotopic (exact) mass is 382 g/mol. The van der Waals surface area contributed by atoms with Crippen LogP contribution in [0.25, 0.3) is 0 Å². The second-order valence-electron chi connectivity index (χ2n) is 5.59. The highest BCUT2D eigenvalue weighted by molar-refractivity contribution is 6.42. The first-order valence-corrected chi connectivity index (χ1v) is 8.67. The molecule has 4 nitrogen and oxygen atoms in total. The standard InChI is InChI=1S/C19H20Cl2O4/c1-3-24-19(23)10-17(22)14-5-7-18(12(2)8-14)25-11-13-4-6-15(20)16(21)9-13/h4-9,17,22H,3,10-11H2,1-2H3. The van der Waals surface area contributed by atoms with Gasteiger partial charge in [-0.15, -0.1) is 0 Å². The van der Waals surface area contributed by atoms with E-state index in [9.17, 15) is 9.90 Å². The number of esters is 1. The molecule has 6 heteroatoms. The number of benzene rings is 2. The third-order valence-corrected chi connectivity index (χ3v) is 4.37. The summed E-state index contributed by atoms with van der Waals surface area (Å²) in [5, 5.41) is 11.1. The quantitative estimate of drug-likeness (QED) is 0.694. The Hall–Kier alpha value is -1.75. The summed E-state index contributed by atoms with van der Waals surface area (Å²) in [6.45, 7) is 4.26. The van der Waals surface area contributed by atoms with E-state index in [1.54, 1.807) is 37.3 Å². The van der Waals surface area contributed by atoms with E-state index in [2.05, 4.69) is 0 Å². The van der Waals surface area contributed by atoms with Crippen LogP contribution < -0.4 is 4.74 Å². The highest BCUT2D eigenvalue weighted by atomic mass is 35.5. The Kier molecular flexibility index (Phi) is 7.12. The van der Waals surface area contributed by atoms with Gasteiger partial charge in [-0.25, -0.2) is 0 Å². The zero-order chi connectivity index (χ0) is 18.4. The van der Waals surface area contributed by atoms with E-state index in [0.717, 1.165) is 11.1 Å². The Morgan fingerprint density at radius 1 is 1.16 bits per heavy atom. The Balaban J connectivity index is 2.01. The highest BCUT2D eigenvalue weighted by Gasteiger charge is 2.15. The van der Waals surface area contributed by atoms with Crippen molar-refractivity contribution in [3.05, 3.63) is 63.1 Å². The minimum atomic E-state index is -0.901. The molecule has 0 fully saturated rings. The number of rotatable bonds is 7. The molecule has 134 valence electrons. The van der Waals surface area contributed by atoms with E-state index in [0.29, 0.717) is 34.6 Å². The van der Waals surface area contributed by atoms with Crippen molar-refractivity contribution in [1.82, 2.24) is 0 Å². The molecule has 0 heterocycles. The van der Waals surface area contributed by atoms with E-state index in [4.69, 9.17) is 32.7 Å². The third-order valence-electron chi connectivity index (χ3n) is 3.63. The van der Waals surface area contributed by atoms with E-state index >= 15 is 0 Å². The maximum atomic E-state index is 11.5. The maximum Gasteiger partial charge on any atom is 0.308 e. The molecule has 2 aromatic rings. The van der Waals surface area contributed by atoms with Crippen molar-refractivity contribution in [3.8, 4) is 5.75 Å². The number of carbonyl (C=O) groups excluding carboxylic acids is 1. The molecule has 0 aromatic heterocycles. The van der Waals surface area contributed by atoms with Gasteiger partial charge in [0.05, 0.1) is 29.2 Å². The van der Waals surface area contributed by atoms with Crippen molar-refractivity contribution >= 4 is 29.2 Å². The van der Waals surface area contributed by atoms with E-state index in [1.807, 2.05) is 13.0 Å². The van der Waals surface area contributed by atoms with Gasteiger partial charge >= 0.3 is 5.97 Å². The van der Waals surface area contributed by atoms with Crippen LogP contribution in [0, 0.1) is 6.92 Å². The van der Waals surface area contributed by atoms with E-state index in [-0.39, 0.29) is 6.42 Å². The molecule has 0 radical (unpaired) electrons. The van der Waals surface area contributed by atoms with Crippen LogP contribution in [0.15, 0.2) is 36.4 Å². The topological polar surface area (TPSA) is 55.8 Å². The van der Waals surface area contributed by atoms with Gasteiger partial charge < -0.3 is 14.6 Å². The number of ether oxygens (including phenoxy) is 2. The van der Waals surface area contributed by atoms with Gasteiger partial charge in [0.2, 0.25) is 0 Å². The van der Waals surface area contributed by atoms with Crippen LogP contribution in [0.2, 0.25) is 10.0 Å². The Morgan fingerprint density at radius 3 is 2.56 bits per heavy atom. The van der Waals surface area contributed by atoms with Gasteiger partial charge in [0.25, 0.3) is 0 Å². The number of carbonyl (C=O) groups is 1. The zero-order valence-electron chi connectivity index (χ0n) is 14.1. The molecular formula is C19H20Cl2O4. The van der Waals surface area contributed by atoms with Crippen LogP contribution >= 0.6 is 23.2 Å². The number of hydrogen-bond acceptors (Lipinski definition) is 4. The van der Waals surface area contributed by atoms with Gasteiger partial charge in [-0.2, -0.15) is 0 Å². The number of halogens is 2. The van der Waals surface area contributed by atoms with Gasteiger partial charge in [0.1, 0.15) is 12.4 Å². The van der Waals surface area contributed by atoms with Crippen LogP contribution in [-0.4, -0.2) is 17.7 Å². The van der Waals surface area contributed by atoms with Crippen molar-refractivity contribution in [2.24, 2.45) is 0 Å². The molecule has 2 aromatic carbocycles. The summed E-state index contributed by atoms with van der Waals surface area (Å²) in [7, 11) is 0. The van der Waals surface area contributed by atoms with Crippen molar-refractivity contribution < 1.29 is 19.4 Å². The molecule has 1 atom stereocenters. The lowest BCUT2D eigenvalue weighted by Crippen LogP contribution is -2.10. The van der Waals surface area contributed by atoms with Crippen molar-refractivity contribution in [2.75, 3.05) is 6.61 Å². The largest absolute Gasteiger partial charge is 0.489 e. The van der Waals surface area contributed by atoms with Crippen LogP contribution in [0.5, 0.6) is 5.75 Å². The molecule has 0 spiro atoms. The molecule has 0 aliphatic heterocycles. The smallest absolute Gasteiger partial charge is 0.308 e. The fourth-order valence-electron chi connectivity index (χ4n) is 2.33. The maximum absolute atomic E-state index is 11.5. The lowest BCUT2D eigenvalue weighted by Gasteiger charge is -2.14. The van der Waals surface area contributed by atoms with Crippen molar-refractivity contribution in [2.45, 2.75) is 33.0 Å². The molecule has 0 amide bonds. The number of aliphatic hydroxyl groups excluding tert-OH is 1. The molecule has 0 bridgehead atoms. The van der Waals surface area contributed by atoms with Crippen LogP contribution in [0.3, 0.4) is 0 Å². The normalized spacial score (nSPS) is 11.9. The first-order valence-electron chi connectivity index (χ1n) is 7.91. The molecule has 0 saturated carbocycles. The minimum absolute atomic E-state index is 0.0727. The summed E-state index contributed by atoms with van der Waals surface area (Å²) < 4.78 is 10.6. The molecule has 0 aliphatic carbocycles. The molecule has 25 heavy (non-hydrogen) atoms. The summed E-state index contributed by atoms with van der Waals surface area (Å²) in [5.74, 6) is 0.269. The summed E-state index contributed by atoms with van der Waals surface area (Å²) in [6.07, 6.45) is -0.974. The SMILES string of the molecule is CCOC(=O)CC(O)c1ccc(OCc2ccc(Cl)c(Cl)c2)c(C)c1. The molecule has 1 unspecified atom stereocenters. The first-order chi connectivity index (χ1) is 11.9. The van der Waals surface area contributed by atoms with Gasteiger partial charge in [0, 0.05) is 0 Å². The summed E-state index contributed by atoms with van der Waals surface area (Å²) >= 11 is 11.9. The van der Waals surface area contributed by atoms with Gasteiger partial charge in [-0.1, -0.05) is 35.3 Å². The molecular weight excluding hydrogens is 363 g/mol. The van der Waals surface area contributed by atoms with E-state index in [1.165, 1.54) is 0 Å². The molecule has 1 N–H and O–H groups in total. The predicted octanol–water partition coefficient (Wildman–Crippen LogP) is 4.87. The van der Waals surface area contributed by atoms with Gasteiger partial charge in [-0.05, 0) is 54.8 Å². The fourth-order valence-corrected chi connectivity index (χ4v) is 2.65. The average molecular weight is 383 g/mol. The lowest BCUT2D eigenvalue weighted by molar-refractivity contribution is -0.145. The summed E-state index contributed by atoms with van der Waals surface area (Å²) in [4.78, 5) is 11.5. The third kappa shape index (κ3) is 5.63. The first kappa shape index (κ1) is 19.6. The highest BCUT2D eigenvalue weighted by Crippen LogP contribution is 2.27. The molecule has 0 aliphatic rings. The van der Waals surface area contributed by atoms with Gasteiger partial charge in [0.15, 0.2) is 0 Å². The summed E-state index contributed by atoms with van der Waals surface area (Å²) in [6, 6.07) is 10.6. The van der Waals surface area contributed by atoms with Crippen molar-refractivity contribution in [3.63, 3.8) is 0 Å². The zero-order valence-corrected chi connectivity index (χ0v) is 15.6. The Labute approximate surface area is 157 Å². The number of aryl methyl sites for hydroxylation is 1. The Morgan fingerprint density at radius 2 is 1.92 bits per heavy atom. The minimum Gasteiger partial charge on any atom is -0.489 e. The number of hydrogen-bond donors (Lipinski definition) is 1. The van der Waals surface area contributed by atoms with E-state index < -0.39 is 12.1 Å². The Bertz CT molecular complexity index is 746. The van der Waals surface area contributed by atoms with Crippen LogP contribution in [0.4, 0.5) is 0 Å². The second-order valence-corrected chi connectivity index (χ2v) is 6.40. The van der Waals surface area contributed by atoms with Crippen molar-refractivity contribution in [1.29, 1.82) is 0 Å². The fraction of sp³-hybridized carbons (Fsp3) is 0.316. The molecule has 0 saturated heterocycles. The van der Waals surface area contributed by atoms with Crippen LogP contribution in [0.1, 0.15) is 36.1 Å². The number of aliphatic hydroxyl groups is 1. The second kappa shape index (κ2) is 9.09. The molecule has 2 rings (SSSR count). The predicted molar refractivity (Wildman–Crippen MR) is 98.2 cm³/mol. The average Bonchev–Trinajstić information content (AvgIpc) is 2.56. The summed E-state index contributed by atoms with van der Waals surface area (Å²) in [5.41, 5.74) is 2.41. The lowest BCUT2D eigenvalue weighted by atomic mass is 10.0.